The van der Waals surface area contributed by atoms with Crippen molar-refractivity contribution in [1.82, 2.24) is 19.7 Å². The SMILES string of the molecule is CC[C@@H](O)Cn1nc(-c2ccco2)nc1CCc1csc(N)n1. The Morgan fingerprint density at radius 3 is 2.91 bits per heavy atom. The van der Waals surface area contributed by atoms with Gasteiger partial charge in [0.05, 0.1) is 24.6 Å². The van der Waals surface area contributed by atoms with E-state index in [0.717, 1.165) is 17.9 Å². The van der Waals surface area contributed by atoms with Gasteiger partial charge >= 0.3 is 0 Å². The van der Waals surface area contributed by atoms with Crippen LogP contribution in [-0.4, -0.2) is 31.0 Å². The summed E-state index contributed by atoms with van der Waals surface area (Å²) in [5.41, 5.74) is 6.60. The van der Waals surface area contributed by atoms with Crippen molar-refractivity contribution in [1.29, 1.82) is 0 Å². The number of aliphatic hydroxyl groups excluding tert-OH is 1. The van der Waals surface area contributed by atoms with Gasteiger partial charge in [0, 0.05) is 11.8 Å². The second kappa shape index (κ2) is 6.93. The van der Waals surface area contributed by atoms with E-state index in [1.165, 1.54) is 11.3 Å². The maximum absolute atomic E-state index is 9.92. The van der Waals surface area contributed by atoms with Crippen LogP contribution in [0, 0.1) is 0 Å². The van der Waals surface area contributed by atoms with Crippen molar-refractivity contribution in [3.8, 4) is 11.6 Å². The second-order valence-electron chi connectivity index (χ2n) is 5.25. The molecule has 0 radical (unpaired) electrons. The van der Waals surface area contributed by atoms with Crippen LogP contribution in [0.15, 0.2) is 28.2 Å². The Kier molecular flexibility index (Phi) is 4.73. The van der Waals surface area contributed by atoms with Gasteiger partial charge in [0.15, 0.2) is 10.9 Å². The Bertz CT molecular complexity index is 750. The van der Waals surface area contributed by atoms with Gasteiger partial charge in [-0.3, -0.25) is 0 Å². The highest BCUT2D eigenvalue weighted by atomic mass is 32.1. The van der Waals surface area contributed by atoms with Crippen molar-refractivity contribution in [3.05, 3.63) is 35.3 Å². The van der Waals surface area contributed by atoms with E-state index in [-0.39, 0.29) is 0 Å². The molecule has 0 aromatic carbocycles. The monoisotopic (exact) mass is 333 g/mol. The lowest BCUT2D eigenvalue weighted by Gasteiger charge is -2.09. The van der Waals surface area contributed by atoms with Crippen LogP contribution in [0.4, 0.5) is 5.13 Å². The summed E-state index contributed by atoms with van der Waals surface area (Å²) in [7, 11) is 0. The first-order valence-corrected chi connectivity index (χ1v) is 8.39. The zero-order valence-electron chi connectivity index (χ0n) is 12.8. The Morgan fingerprint density at radius 1 is 1.39 bits per heavy atom. The van der Waals surface area contributed by atoms with E-state index in [9.17, 15) is 5.11 Å². The molecule has 3 aromatic heterocycles. The van der Waals surface area contributed by atoms with Crippen molar-refractivity contribution < 1.29 is 9.52 Å². The summed E-state index contributed by atoms with van der Waals surface area (Å²) in [5.74, 6) is 1.95. The summed E-state index contributed by atoms with van der Waals surface area (Å²) in [4.78, 5) is 8.81. The van der Waals surface area contributed by atoms with Crippen LogP contribution >= 0.6 is 11.3 Å². The molecule has 0 aliphatic heterocycles. The second-order valence-corrected chi connectivity index (χ2v) is 6.14. The van der Waals surface area contributed by atoms with Crippen LogP contribution in [0.2, 0.25) is 0 Å². The minimum Gasteiger partial charge on any atom is -0.461 e. The van der Waals surface area contributed by atoms with E-state index in [0.29, 0.717) is 36.1 Å². The van der Waals surface area contributed by atoms with Gasteiger partial charge in [-0.15, -0.1) is 16.4 Å². The molecule has 7 nitrogen and oxygen atoms in total. The van der Waals surface area contributed by atoms with Crippen LogP contribution in [0.1, 0.15) is 24.9 Å². The molecular formula is C15H19N5O2S. The summed E-state index contributed by atoms with van der Waals surface area (Å²) in [6.45, 7) is 2.35. The maximum atomic E-state index is 9.92. The Balaban J connectivity index is 1.80. The van der Waals surface area contributed by atoms with Crippen LogP contribution in [0.5, 0.6) is 0 Å². The number of nitrogen functional groups attached to an aromatic ring is 1. The van der Waals surface area contributed by atoms with Crippen molar-refractivity contribution in [2.45, 2.75) is 38.8 Å². The van der Waals surface area contributed by atoms with E-state index < -0.39 is 6.10 Å². The third-order valence-corrected chi connectivity index (χ3v) is 4.24. The number of anilines is 1. The largest absolute Gasteiger partial charge is 0.461 e. The third-order valence-electron chi connectivity index (χ3n) is 3.52. The average molecular weight is 333 g/mol. The highest BCUT2D eigenvalue weighted by molar-refractivity contribution is 7.13. The first kappa shape index (κ1) is 15.7. The molecule has 23 heavy (non-hydrogen) atoms. The summed E-state index contributed by atoms with van der Waals surface area (Å²) < 4.78 is 7.11. The van der Waals surface area contributed by atoms with Gasteiger partial charge in [-0.05, 0) is 25.0 Å². The van der Waals surface area contributed by atoms with Crippen molar-refractivity contribution >= 4 is 16.5 Å². The van der Waals surface area contributed by atoms with Gasteiger partial charge in [0.1, 0.15) is 5.82 Å². The number of thiazole rings is 1. The number of hydrogen-bond donors (Lipinski definition) is 2. The van der Waals surface area contributed by atoms with Crippen LogP contribution in [0.3, 0.4) is 0 Å². The number of aliphatic hydroxyl groups is 1. The number of furan rings is 1. The minimum atomic E-state index is -0.449. The first-order chi connectivity index (χ1) is 11.2. The van der Waals surface area contributed by atoms with E-state index in [4.69, 9.17) is 10.2 Å². The summed E-state index contributed by atoms with van der Waals surface area (Å²) in [5, 5.41) is 16.9. The lowest BCUT2D eigenvalue weighted by atomic mass is 10.2. The zero-order valence-corrected chi connectivity index (χ0v) is 13.7. The van der Waals surface area contributed by atoms with E-state index >= 15 is 0 Å². The molecular weight excluding hydrogens is 314 g/mol. The molecule has 0 fully saturated rings. The fraction of sp³-hybridized carbons (Fsp3) is 0.400. The average Bonchev–Trinajstić information content (AvgIpc) is 3.26. The number of nitrogens with two attached hydrogens (primary N) is 1. The van der Waals surface area contributed by atoms with E-state index in [2.05, 4.69) is 15.1 Å². The van der Waals surface area contributed by atoms with Gasteiger partial charge in [-0.2, -0.15) is 0 Å². The molecule has 0 aliphatic rings. The summed E-state index contributed by atoms with van der Waals surface area (Å²) >= 11 is 1.43. The molecule has 0 spiro atoms. The number of rotatable bonds is 7. The van der Waals surface area contributed by atoms with Crippen molar-refractivity contribution in [3.63, 3.8) is 0 Å². The van der Waals surface area contributed by atoms with Gasteiger partial charge in [-0.1, -0.05) is 6.92 Å². The van der Waals surface area contributed by atoms with E-state index in [1.807, 2.05) is 18.4 Å². The van der Waals surface area contributed by atoms with Gasteiger partial charge in [-0.25, -0.2) is 14.6 Å². The Labute approximate surface area is 137 Å². The summed E-state index contributed by atoms with van der Waals surface area (Å²) in [6.07, 6.45) is 3.21. The van der Waals surface area contributed by atoms with Crippen LogP contribution in [-0.2, 0) is 19.4 Å². The molecule has 0 aliphatic carbocycles. The third kappa shape index (κ3) is 3.77. The Morgan fingerprint density at radius 2 is 2.26 bits per heavy atom. The maximum Gasteiger partial charge on any atom is 0.217 e. The number of aromatic nitrogens is 4. The first-order valence-electron chi connectivity index (χ1n) is 7.51. The molecule has 122 valence electrons. The molecule has 8 heteroatoms. The standard InChI is InChI=1S/C15H19N5O2S/c1-2-11(21)8-20-13(6-5-10-9-23-15(16)17-10)18-14(19-20)12-4-3-7-22-12/h3-4,7,9,11,21H,2,5-6,8H2,1H3,(H2,16,17)/t11-/m1/s1. The molecule has 0 bridgehead atoms. The van der Waals surface area contributed by atoms with Gasteiger partial charge in [0.2, 0.25) is 5.82 Å². The van der Waals surface area contributed by atoms with E-state index in [1.54, 1.807) is 17.0 Å². The molecule has 3 aromatic rings. The predicted molar refractivity (Wildman–Crippen MR) is 88.0 cm³/mol. The fourth-order valence-electron chi connectivity index (χ4n) is 2.22. The van der Waals surface area contributed by atoms with Crippen LogP contribution < -0.4 is 5.73 Å². The molecule has 0 saturated heterocycles. The lowest BCUT2D eigenvalue weighted by Crippen LogP contribution is -2.18. The highest BCUT2D eigenvalue weighted by Crippen LogP contribution is 2.18. The molecule has 0 saturated carbocycles. The minimum absolute atomic E-state index is 0.415. The van der Waals surface area contributed by atoms with Crippen molar-refractivity contribution in [2.75, 3.05) is 5.73 Å². The predicted octanol–water partition coefficient (Wildman–Crippen LogP) is 2.13. The normalized spacial score (nSPS) is 12.6. The molecule has 0 amide bonds. The Hall–Kier alpha value is -2.19. The smallest absolute Gasteiger partial charge is 0.217 e. The summed E-state index contributed by atoms with van der Waals surface area (Å²) in [6, 6.07) is 3.62. The molecule has 3 heterocycles. The number of nitrogens with zero attached hydrogens (tertiary/aromatic N) is 4. The van der Waals surface area contributed by atoms with Gasteiger partial charge < -0.3 is 15.3 Å². The molecule has 3 N–H and O–H groups in total. The molecule has 3 rings (SSSR count). The fourth-order valence-corrected chi connectivity index (χ4v) is 2.82. The highest BCUT2D eigenvalue weighted by Gasteiger charge is 2.16. The lowest BCUT2D eigenvalue weighted by molar-refractivity contribution is 0.144. The quantitative estimate of drug-likeness (QED) is 0.686. The molecule has 0 unspecified atom stereocenters. The number of aryl methyl sites for hydroxylation is 2. The number of hydrogen-bond acceptors (Lipinski definition) is 7. The van der Waals surface area contributed by atoms with Crippen molar-refractivity contribution in [2.24, 2.45) is 0 Å². The van der Waals surface area contributed by atoms with Crippen LogP contribution in [0.25, 0.3) is 11.6 Å². The topological polar surface area (TPSA) is 103 Å². The van der Waals surface area contributed by atoms with Gasteiger partial charge in [0.25, 0.3) is 0 Å². The zero-order chi connectivity index (χ0) is 16.2. The molecule has 1 atom stereocenters.